The predicted molar refractivity (Wildman–Crippen MR) is 70.9 cm³/mol. The highest BCUT2D eigenvalue weighted by Gasteiger charge is 2.12. The number of nitrogens with zero attached hydrogens (tertiary/aromatic N) is 2. The van der Waals surface area contributed by atoms with Crippen molar-refractivity contribution >= 4 is 11.4 Å². The van der Waals surface area contributed by atoms with Crippen LogP contribution in [-0.2, 0) is 0 Å². The van der Waals surface area contributed by atoms with Crippen LogP contribution in [0.2, 0.25) is 0 Å². The predicted octanol–water partition coefficient (Wildman–Crippen LogP) is 2.91. The molecule has 0 amide bonds. The van der Waals surface area contributed by atoms with Gasteiger partial charge in [0.1, 0.15) is 0 Å². The second-order valence-corrected chi connectivity index (χ2v) is 4.64. The number of rotatable bonds is 1. The van der Waals surface area contributed by atoms with E-state index in [0.717, 1.165) is 24.5 Å². The Morgan fingerprint density at radius 2 is 1.71 bits per heavy atom. The normalized spacial score (nSPS) is 17.0. The van der Waals surface area contributed by atoms with Crippen LogP contribution in [0.5, 0.6) is 0 Å². The Morgan fingerprint density at radius 3 is 2.35 bits per heavy atom. The fourth-order valence-corrected chi connectivity index (χ4v) is 2.38. The first-order chi connectivity index (χ1) is 8.31. The highest BCUT2D eigenvalue weighted by molar-refractivity contribution is 5.69. The molecule has 0 spiro atoms. The Labute approximate surface area is 103 Å². The molecule has 1 aromatic carbocycles. The highest BCUT2D eigenvalue weighted by atomic mass is 15.1. The molecule has 0 bridgehead atoms. The smallest absolute Gasteiger partial charge is 0.0992 e. The number of nitrogen functional groups attached to an aromatic ring is 1. The minimum absolute atomic E-state index is 0.691. The van der Waals surface area contributed by atoms with Gasteiger partial charge >= 0.3 is 0 Å². The molecule has 1 saturated heterocycles. The van der Waals surface area contributed by atoms with Gasteiger partial charge in [-0.2, -0.15) is 5.26 Å². The number of benzene rings is 1. The summed E-state index contributed by atoms with van der Waals surface area (Å²) in [5.41, 5.74) is 8.52. The Balaban J connectivity index is 2.21. The van der Waals surface area contributed by atoms with Crippen molar-refractivity contribution in [2.24, 2.45) is 0 Å². The summed E-state index contributed by atoms with van der Waals surface area (Å²) in [7, 11) is 0. The van der Waals surface area contributed by atoms with Crippen LogP contribution in [0.4, 0.5) is 11.4 Å². The third-order valence-corrected chi connectivity index (χ3v) is 3.36. The summed E-state index contributed by atoms with van der Waals surface area (Å²) in [6.45, 7) is 2.11. The SMILES string of the molecule is N#Cc1ccc(N)c(N2CCCCCCC2)c1. The van der Waals surface area contributed by atoms with E-state index in [-0.39, 0.29) is 0 Å². The summed E-state index contributed by atoms with van der Waals surface area (Å²) in [5, 5.41) is 8.94. The number of nitrogens with two attached hydrogens (primary N) is 1. The molecule has 2 N–H and O–H groups in total. The van der Waals surface area contributed by atoms with E-state index in [2.05, 4.69) is 11.0 Å². The molecular weight excluding hydrogens is 210 g/mol. The molecule has 2 rings (SSSR count). The molecule has 1 fully saturated rings. The van der Waals surface area contributed by atoms with Crippen LogP contribution in [-0.4, -0.2) is 13.1 Å². The summed E-state index contributed by atoms with van der Waals surface area (Å²) >= 11 is 0. The van der Waals surface area contributed by atoms with Gasteiger partial charge in [0.05, 0.1) is 23.0 Å². The summed E-state index contributed by atoms with van der Waals surface area (Å²) in [5.74, 6) is 0. The van der Waals surface area contributed by atoms with E-state index >= 15 is 0 Å². The standard InChI is InChI=1S/C14H19N3/c15-11-12-6-7-13(16)14(10-12)17-8-4-2-1-3-5-9-17/h6-7,10H,1-5,8-9,16H2. The number of hydrogen-bond donors (Lipinski definition) is 1. The van der Waals surface area contributed by atoms with Crippen LogP contribution in [0.1, 0.15) is 37.7 Å². The van der Waals surface area contributed by atoms with E-state index in [1.54, 1.807) is 6.07 Å². The van der Waals surface area contributed by atoms with Gasteiger partial charge in [0.15, 0.2) is 0 Å². The van der Waals surface area contributed by atoms with Gasteiger partial charge in [0.25, 0.3) is 0 Å². The van der Waals surface area contributed by atoms with Crippen molar-refractivity contribution in [1.82, 2.24) is 0 Å². The Bertz CT molecular complexity index is 412. The zero-order chi connectivity index (χ0) is 12.1. The second-order valence-electron chi connectivity index (χ2n) is 4.64. The van der Waals surface area contributed by atoms with E-state index in [4.69, 9.17) is 11.0 Å². The molecule has 0 radical (unpaired) electrons. The third kappa shape index (κ3) is 2.91. The van der Waals surface area contributed by atoms with E-state index in [1.165, 1.54) is 32.1 Å². The molecule has 1 aliphatic rings. The van der Waals surface area contributed by atoms with E-state index < -0.39 is 0 Å². The lowest BCUT2D eigenvalue weighted by atomic mass is 10.1. The lowest BCUT2D eigenvalue weighted by molar-refractivity contribution is 0.557. The summed E-state index contributed by atoms with van der Waals surface area (Å²) in [6.07, 6.45) is 6.39. The van der Waals surface area contributed by atoms with Crippen molar-refractivity contribution in [3.8, 4) is 6.07 Å². The molecule has 1 aromatic rings. The summed E-state index contributed by atoms with van der Waals surface area (Å²) in [4.78, 5) is 2.33. The van der Waals surface area contributed by atoms with E-state index in [1.807, 2.05) is 12.1 Å². The second kappa shape index (κ2) is 5.58. The van der Waals surface area contributed by atoms with Crippen LogP contribution >= 0.6 is 0 Å². The molecular formula is C14H19N3. The molecule has 0 atom stereocenters. The van der Waals surface area contributed by atoms with Crippen LogP contribution < -0.4 is 10.6 Å². The summed E-state index contributed by atoms with van der Waals surface area (Å²) in [6, 6.07) is 7.71. The maximum Gasteiger partial charge on any atom is 0.0992 e. The average Bonchev–Trinajstić information content (AvgIpc) is 2.30. The first kappa shape index (κ1) is 11.8. The minimum atomic E-state index is 0.691. The molecule has 1 aliphatic heterocycles. The maximum absolute atomic E-state index is 8.94. The van der Waals surface area contributed by atoms with Crippen molar-refractivity contribution in [2.75, 3.05) is 23.7 Å². The first-order valence-corrected chi connectivity index (χ1v) is 6.36. The van der Waals surface area contributed by atoms with Gasteiger partial charge in [-0.3, -0.25) is 0 Å². The van der Waals surface area contributed by atoms with Crippen molar-refractivity contribution in [3.63, 3.8) is 0 Å². The quantitative estimate of drug-likeness (QED) is 0.753. The van der Waals surface area contributed by atoms with Gasteiger partial charge in [-0.05, 0) is 31.0 Å². The Hall–Kier alpha value is -1.69. The molecule has 1 heterocycles. The maximum atomic E-state index is 8.94. The molecule has 90 valence electrons. The van der Waals surface area contributed by atoms with Crippen molar-refractivity contribution in [1.29, 1.82) is 5.26 Å². The van der Waals surface area contributed by atoms with Crippen LogP contribution in [0.3, 0.4) is 0 Å². The zero-order valence-electron chi connectivity index (χ0n) is 10.2. The van der Waals surface area contributed by atoms with Crippen molar-refractivity contribution in [3.05, 3.63) is 23.8 Å². The topological polar surface area (TPSA) is 53.1 Å². The fourth-order valence-electron chi connectivity index (χ4n) is 2.38. The molecule has 3 heteroatoms. The molecule has 0 aromatic heterocycles. The number of anilines is 2. The van der Waals surface area contributed by atoms with Gasteiger partial charge in [-0.1, -0.05) is 19.3 Å². The lowest BCUT2D eigenvalue weighted by Crippen LogP contribution is -2.27. The van der Waals surface area contributed by atoms with Gasteiger partial charge in [0, 0.05) is 13.1 Å². The third-order valence-electron chi connectivity index (χ3n) is 3.36. The van der Waals surface area contributed by atoms with Crippen LogP contribution in [0.25, 0.3) is 0 Å². The van der Waals surface area contributed by atoms with Gasteiger partial charge < -0.3 is 10.6 Å². The van der Waals surface area contributed by atoms with Gasteiger partial charge in [-0.25, -0.2) is 0 Å². The zero-order valence-corrected chi connectivity index (χ0v) is 10.2. The number of nitriles is 1. The minimum Gasteiger partial charge on any atom is -0.397 e. The monoisotopic (exact) mass is 229 g/mol. The molecule has 17 heavy (non-hydrogen) atoms. The van der Waals surface area contributed by atoms with Crippen molar-refractivity contribution < 1.29 is 0 Å². The summed E-state index contributed by atoms with van der Waals surface area (Å²) < 4.78 is 0. The van der Waals surface area contributed by atoms with E-state index in [0.29, 0.717) is 5.56 Å². The first-order valence-electron chi connectivity index (χ1n) is 6.36. The van der Waals surface area contributed by atoms with E-state index in [9.17, 15) is 0 Å². The van der Waals surface area contributed by atoms with Gasteiger partial charge in [-0.15, -0.1) is 0 Å². The highest BCUT2D eigenvalue weighted by Crippen LogP contribution is 2.26. The largest absolute Gasteiger partial charge is 0.397 e. The molecule has 0 aliphatic carbocycles. The van der Waals surface area contributed by atoms with Crippen LogP contribution in [0, 0.1) is 11.3 Å². The van der Waals surface area contributed by atoms with Crippen LogP contribution in [0.15, 0.2) is 18.2 Å². The molecule has 0 unspecified atom stereocenters. The van der Waals surface area contributed by atoms with Gasteiger partial charge in [0.2, 0.25) is 0 Å². The number of hydrogen-bond acceptors (Lipinski definition) is 3. The molecule has 0 saturated carbocycles. The average molecular weight is 229 g/mol. The van der Waals surface area contributed by atoms with Crippen molar-refractivity contribution in [2.45, 2.75) is 32.1 Å². The Kier molecular flexibility index (Phi) is 3.87. The lowest BCUT2D eigenvalue weighted by Gasteiger charge is -2.28. The Morgan fingerprint density at radius 1 is 1.06 bits per heavy atom. The fraction of sp³-hybridized carbons (Fsp3) is 0.500. The molecule has 3 nitrogen and oxygen atoms in total.